The number of carbonyl (C=O) groups is 1. The van der Waals surface area contributed by atoms with Crippen molar-refractivity contribution >= 4 is 21.3 Å². The standard InChI is InChI=1S/C17H25N3O2S/c1-19(2)15-6-4-14(5-7-15)16(21)20-11-3-8-17(20)9-12-23(18,22)13-10-17/h4-7,18H,3,8-13H2,1-2H3. The van der Waals surface area contributed by atoms with Crippen molar-refractivity contribution in [1.29, 1.82) is 4.78 Å². The number of likely N-dealkylation sites (tertiary alicyclic amines) is 1. The van der Waals surface area contributed by atoms with E-state index >= 15 is 0 Å². The van der Waals surface area contributed by atoms with Crippen LogP contribution in [0.3, 0.4) is 0 Å². The SMILES string of the molecule is CN(C)c1ccc(C(=O)N2CCCC23CCS(=N)(=O)CC3)cc1. The van der Waals surface area contributed by atoms with Gasteiger partial charge in [-0.2, -0.15) is 0 Å². The largest absolute Gasteiger partial charge is 0.378 e. The van der Waals surface area contributed by atoms with Gasteiger partial charge < -0.3 is 9.80 Å². The van der Waals surface area contributed by atoms with Crippen LogP contribution in [0.1, 0.15) is 36.0 Å². The van der Waals surface area contributed by atoms with Crippen LogP contribution in [0.5, 0.6) is 0 Å². The zero-order valence-corrected chi connectivity index (χ0v) is 14.7. The predicted octanol–water partition coefficient (Wildman–Crippen LogP) is 2.57. The van der Waals surface area contributed by atoms with Crippen LogP contribution in [0.2, 0.25) is 0 Å². The highest BCUT2D eigenvalue weighted by molar-refractivity contribution is 7.92. The summed E-state index contributed by atoms with van der Waals surface area (Å²) < 4.78 is 19.7. The van der Waals surface area contributed by atoms with Gasteiger partial charge in [0.05, 0.1) is 0 Å². The number of rotatable bonds is 2. The Morgan fingerprint density at radius 1 is 1.17 bits per heavy atom. The lowest BCUT2D eigenvalue weighted by atomic mass is 9.89. The summed E-state index contributed by atoms with van der Waals surface area (Å²) in [6.07, 6.45) is 3.39. The minimum Gasteiger partial charge on any atom is -0.378 e. The summed E-state index contributed by atoms with van der Waals surface area (Å²) in [5, 5.41) is 0. The van der Waals surface area contributed by atoms with Gasteiger partial charge in [-0.05, 0) is 49.9 Å². The smallest absolute Gasteiger partial charge is 0.254 e. The third-order valence-electron chi connectivity index (χ3n) is 5.27. The summed E-state index contributed by atoms with van der Waals surface area (Å²) in [6.45, 7) is 0.771. The lowest BCUT2D eigenvalue weighted by Crippen LogP contribution is -2.51. The Bertz CT molecular complexity index is 681. The van der Waals surface area contributed by atoms with Crippen LogP contribution in [-0.2, 0) is 9.73 Å². The highest BCUT2D eigenvalue weighted by Gasteiger charge is 2.46. The maximum atomic E-state index is 13.0. The second-order valence-electron chi connectivity index (χ2n) is 6.95. The van der Waals surface area contributed by atoms with Gasteiger partial charge >= 0.3 is 0 Å². The van der Waals surface area contributed by atoms with Gasteiger partial charge in [-0.15, -0.1) is 0 Å². The molecule has 1 N–H and O–H groups in total. The molecule has 126 valence electrons. The van der Waals surface area contributed by atoms with E-state index in [4.69, 9.17) is 4.78 Å². The Labute approximate surface area is 138 Å². The number of amides is 1. The molecular formula is C17H25N3O2S. The Balaban J connectivity index is 1.81. The lowest BCUT2D eigenvalue weighted by molar-refractivity contribution is 0.0571. The third-order valence-corrected chi connectivity index (χ3v) is 6.99. The maximum Gasteiger partial charge on any atom is 0.254 e. The van der Waals surface area contributed by atoms with E-state index in [0.717, 1.165) is 25.1 Å². The molecule has 0 unspecified atom stereocenters. The van der Waals surface area contributed by atoms with Crippen LogP contribution in [0, 0.1) is 4.78 Å². The summed E-state index contributed by atoms with van der Waals surface area (Å²) >= 11 is 0. The van der Waals surface area contributed by atoms with Crippen molar-refractivity contribution in [3.05, 3.63) is 29.8 Å². The molecule has 0 saturated carbocycles. The summed E-state index contributed by atoms with van der Waals surface area (Å²) in [5.74, 6) is 0.929. The Kier molecular flexibility index (Phi) is 4.12. The number of hydrogen-bond donors (Lipinski definition) is 1. The number of anilines is 1. The second-order valence-corrected chi connectivity index (χ2v) is 9.39. The van der Waals surface area contributed by atoms with Gasteiger partial charge in [0.1, 0.15) is 0 Å². The Morgan fingerprint density at radius 3 is 2.35 bits per heavy atom. The molecule has 0 radical (unpaired) electrons. The quantitative estimate of drug-likeness (QED) is 0.903. The van der Waals surface area contributed by atoms with Crippen molar-refractivity contribution in [1.82, 2.24) is 4.90 Å². The predicted molar refractivity (Wildman–Crippen MR) is 93.6 cm³/mol. The van der Waals surface area contributed by atoms with Gasteiger partial charge in [0.15, 0.2) is 0 Å². The first-order valence-corrected chi connectivity index (χ1v) is 10.1. The van der Waals surface area contributed by atoms with Crippen molar-refractivity contribution in [2.24, 2.45) is 0 Å². The second kappa shape index (κ2) is 5.82. The minimum atomic E-state index is -2.42. The molecule has 1 amide bonds. The summed E-state index contributed by atoms with van der Waals surface area (Å²) in [7, 11) is 1.54. The molecular weight excluding hydrogens is 310 g/mol. The molecule has 5 nitrogen and oxygen atoms in total. The maximum absolute atomic E-state index is 13.0. The first-order valence-electron chi connectivity index (χ1n) is 8.17. The van der Waals surface area contributed by atoms with Crippen molar-refractivity contribution in [3.8, 4) is 0 Å². The highest BCUT2D eigenvalue weighted by Crippen LogP contribution is 2.40. The van der Waals surface area contributed by atoms with Crippen LogP contribution in [0.15, 0.2) is 24.3 Å². The van der Waals surface area contributed by atoms with Gasteiger partial charge in [0.2, 0.25) is 0 Å². The zero-order chi connectivity index (χ0) is 16.7. The van der Waals surface area contributed by atoms with E-state index in [1.165, 1.54) is 0 Å². The van der Waals surface area contributed by atoms with Crippen molar-refractivity contribution in [3.63, 3.8) is 0 Å². The molecule has 23 heavy (non-hydrogen) atoms. The number of nitrogens with one attached hydrogen (secondary N) is 1. The van der Waals surface area contributed by atoms with Crippen molar-refractivity contribution in [2.75, 3.05) is 37.0 Å². The average Bonchev–Trinajstić information content (AvgIpc) is 2.94. The fourth-order valence-corrected chi connectivity index (χ4v) is 5.39. The van der Waals surface area contributed by atoms with Crippen LogP contribution >= 0.6 is 0 Å². The van der Waals surface area contributed by atoms with E-state index in [2.05, 4.69) is 0 Å². The zero-order valence-electron chi connectivity index (χ0n) is 13.9. The fourth-order valence-electron chi connectivity index (χ4n) is 3.77. The molecule has 1 spiro atoms. The van der Waals surface area contributed by atoms with Crippen LogP contribution in [-0.4, -0.2) is 52.7 Å². The van der Waals surface area contributed by atoms with E-state index in [1.54, 1.807) is 0 Å². The van der Waals surface area contributed by atoms with E-state index in [-0.39, 0.29) is 11.4 Å². The molecule has 0 atom stereocenters. The number of carbonyl (C=O) groups excluding carboxylic acids is 1. The van der Waals surface area contributed by atoms with Crippen molar-refractivity contribution in [2.45, 2.75) is 31.2 Å². The van der Waals surface area contributed by atoms with Crippen LogP contribution in [0.25, 0.3) is 0 Å². The number of nitrogens with zero attached hydrogens (tertiary/aromatic N) is 2. The molecule has 2 aliphatic rings. The molecule has 0 aromatic heterocycles. The highest BCUT2D eigenvalue weighted by atomic mass is 32.2. The van der Waals surface area contributed by atoms with Crippen LogP contribution < -0.4 is 4.90 Å². The molecule has 1 aromatic rings. The number of hydrogen-bond acceptors (Lipinski definition) is 4. The molecule has 0 aliphatic carbocycles. The molecule has 1 aromatic carbocycles. The monoisotopic (exact) mass is 335 g/mol. The first-order chi connectivity index (χ1) is 10.8. The third kappa shape index (κ3) is 3.09. The van der Waals surface area contributed by atoms with Gasteiger partial charge in [-0.1, -0.05) is 0 Å². The van der Waals surface area contributed by atoms with Gasteiger partial charge in [0.25, 0.3) is 5.91 Å². The van der Waals surface area contributed by atoms with E-state index in [0.29, 0.717) is 29.9 Å². The summed E-state index contributed by atoms with van der Waals surface area (Å²) in [5.41, 5.74) is 1.62. The van der Waals surface area contributed by atoms with Gasteiger partial charge in [0, 0.05) is 58.7 Å². The van der Waals surface area contributed by atoms with Gasteiger partial charge in [-0.25, -0.2) is 4.21 Å². The molecule has 3 rings (SSSR count). The Morgan fingerprint density at radius 2 is 1.78 bits per heavy atom. The molecule has 2 fully saturated rings. The van der Waals surface area contributed by atoms with E-state index in [1.807, 2.05) is 48.2 Å². The Hall–Kier alpha value is -1.56. The van der Waals surface area contributed by atoms with Crippen LogP contribution in [0.4, 0.5) is 5.69 Å². The fraction of sp³-hybridized carbons (Fsp3) is 0.588. The molecule has 2 saturated heterocycles. The average molecular weight is 335 g/mol. The summed E-state index contributed by atoms with van der Waals surface area (Å²) in [6, 6.07) is 7.71. The lowest BCUT2D eigenvalue weighted by Gasteiger charge is -2.42. The molecule has 2 aliphatic heterocycles. The molecule has 0 bridgehead atoms. The normalized spacial score (nSPS) is 30.6. The first kappa shape index (κ1) is 16.3. The van der Waals surface area contributed by atoms with Crippen molar-refractivity contribution < 1.29 is 9.00 Å². The summed E-state index contributed by atoms with van der Waals surface area (Å²) in [4.78, 5) is 17.0. The van der Waals surface area contributed by atoms with E-state index in [9.17, 15) is 9.00 Å². The molecule has 6 heteroatoms. The number of benzene rings is 1. The minimum absolute atomic E-state index is 0.0752. The van der Waals surface area contributed by atoms with Gasteiger partial charge in [-0.3, -0.25) is 9.57 Å². The topological polar surface area (TPSA) is 64.5 Å². The van der Waals surface area contributed by atoms with E-state index < -0.39 is 9.73 Å². The molecule has 2 heterocycles.